The first-order valence-electron chi connectivity index (χ1n) is 12.9. The van der Waals surface area contributed by atoms with E-state index in [1.54, 1.807) is 37.3 Å². The SMILES string of the molecule is Cc1cc(Oc2ccccc2F)ccc1-n1ncc(C(=O)c2cc3cc(F)c(NS(=O)(=O)c4cncc(Cl)c4)cc3[nH]2)c1N. The molecule has 0 atom stereocenters. The van der Waals surface area contributed by atoms with E-state index in [2.05, 4.69) is 19.8 Å². The first kappa shape index (κ1) is 28.8. The normalized spacial score (nSPS) is 11.5. The Morgan fingerprint density at radius 1 is 1.02 bits per heavy atom. The lowest BCUT2D eigenvalue weighted by atomic mass is 10.1. The lowest BCUT2D eigenvalue weighted by molar-refractivity contribution is 0.103. The number of anilines is 2. The van der Waals surface area contributed by atoms with E-state index in [1.807, 2.05) is 0 Å². The third-order valence-electron chi connectivity index (χ3n) is 6.70. The highest BCUT2D eigenvalue weighted by Crippen LogP contribution is 2.30. The molecule has 0 fully saturated rings. The van der Waals surface area contributed by atoms with E-state index in [0.717, 1.165) is 12.3 Å². The minimum absolute atomic E-state index is 0.0503. The Morgan fingerprint density at radius 2 is 1.82 bits per heavy atom. The molecule has 3 aromatic heterocycles. The number of rotatable bonds is 8. The second kappa shape index (κ2) is 11.1. The maximum absolute atomic E-state index is 14.9. The van der Waals surface area contributed by atoms with Crippen molar-refractivity contribution in [2.75, 3.05) is 10.5 Å². The molecule has 44 heavy (non-hydrogen) atoms. The van der Waals surface area contributed by atoms with Gasteiger partial charge < -0.3 is 15.5 Å². The number of nitrogen functional groups attached to an aromatic ring is 1. The molecule has 14 heteroatoms. The fraction of sp³-hybridized carbons (Fsp3) is 0.0333. The lowest BCUT2D eigenvalue weighted by Gasteiger charge is -2.12. The first-order chi connectivity index (χ1) is 21.0. The summed E-state index contributed by atoms with van der Waals surface area (Å²) >= 11 is 5.84. The average molecular weight is 635 g/mol. The highest BCUT2D eigenvalue weighted by Gasteiger charge is 2.22. The van der Waals surface area contributed by atoms with Gasteiger partial charge in [0.2, 0.25) is 5.78 Å². The van der Waals surface area contributed by atoms with E-state index in [1.165, 1.54) is 47.4 Å². The number of para-hydroxylation sites is 1. The number of fused-ring (bicyclic) bond motifs is 1. The lowest BCUT2D eigenvalue weighted by Crippen LogP contribution is -2.14. The van der Waals surface area contributed by atoms with Crippen LogP contribution in [0.3, 0.4) is 0 Å². The number of nitrogens with one attached hydrogen (secondary N) is 2. The number of benzene rings is 3. The minimum atomic E-state index is -4.20. The number of aromatic nitrogens is 4. The molecular formula is C30H21ClF2N6O4S. The number of hydrogen-bond acceptors (Lipinski definition) is 7. The highest BCUT2D eigenvalue weighted by molar-refractivity contribution is 7.92. The monoisotopic (exact) mass is 634 g/mol. The summed E-state index contributed by atoms with van der Waals surface area (Å²) in [5, 5.41) is 4.71. The van der Waals surface area contributed by atoms with E-state index >= 15 is 0 Å². The largest absolute Gasteiger partial charge is 0.454 e. The van der Waals surface area contributed by atoms with E-state index in [-0.39, 0.29) is 38.4 Å². The zero-order valence-electron chi connectivity index (χ0n) is 22.7. The van der Waals surface area contributed by atoms with Crippen LogP contribution in [-0.4, -0.2) is 33.9 Å². The molecule has 0 amide bonds. The smallest absolute Gasteiger partial charge is 0.263 e. The van der Waals surface area contributed by atoms with E-state index < -0.39 is 27.4 Å². The Bertz CT molecular complexity index is 2200. The molecule has 222 valence electrons. The van der Waals surface area contributed by atoms with Gasteiger partial charge in [0.15, 0.2) is 11.6 Å². The Kier molecular flexibility index (Phi) is 7.27. The zero-order chi connectivity index (χ0) is 31.2. The highest BCUT2D eigenvalue weighted by atomic mass is 35.5. The van der Waals surface area contributed by atoms with Crippen LogP contribution in [0, 0.1) is 18.6 Å². The van der Waals surface area contributed by atoms with Gasteiger partial charge in [0.25, 0.3) is 10.0 Å². The van der Waals surface area contributed by atoms with Crippen LogP contribution in [0.4, 0.5) is 20.3 Å². The molecule has 0 saturated heterocycles. The number of nitrogens with zero attached hydrogens (tertiary/aromatic N) is 3. The van der Waals surface area contributed by atoms with Gasteiger partial charge in [-0.25, -0.2) is 21.9 Å². The molecule has 6 rings (SSSR count). The van der Waals surface area contributed by atoms with Gasteiger partial charge in [-0.2, -0.15) is 5.10 Å². The summed E-state index contributed by atoms with van der Waals surface area (Å²) in [6.07, 6.45) is 3.66. The van der Waals surface area contributed by atoms with Gasteiger partial charge in [-0.05, 0) is 67.1 Å². The van der Waals surface area contributed by atoms with Crippen LogP contribution in [-0.2, 0) is 10.0 Å². The number of hydrogen-bond donors (Lipinski definition) is 3. The molecule has 0 bridgehead atoms. The number of carbonyl (C=O) groups excluding carboxylic acids is 1. The van der Waals surface area contributed by atoms with Crippen LogP contribution >= 0.6 is 11.6 Å². The topological polar surface area (TPSA) is 145 Å². The Morgan fingerprint density at radius 3 is 2.57 bits per heavy atom. The number of H-pyrrole nitrogens is 1. The Balaban J connectivity index is 1.26. The minimum Gasteiger partial charge on any atom is -0.454 e. The van der Waals surface area contributed by atoms with Crippen molar-refractivity contribution in [3.63, 3.8) is 0 Å². The zero-order valence-corrected chi connectivity index (χ0v) is 24.2. The van der Waals surface area contributed by atoms with E-state index in [0.29, 0.717) is 27.9 Å². The Hall–Kier alpha value is -5.27. The molecule has 3 heterocycles. The summed E-state index contributed by atoms with van der Waals surface area (Å²) in [6, 6.07) is 16.0. The number of nitrogens with two attached hydrogens (primary N) is 1. The van der Waals surface area contributed by atoms with Gasteiger partial charge in [0.1, 0.15) is 22.3 Å². The van der Waals surface area contributed by atoms with Crippen LogP contribution in [0.15, 0.2) is 90.2 Å². The van der Waals surface area contributed by atoms with Crippen molar-refractivity contribution < 1.29 is 26.7 Å². The summed E-state index contributed by atoms with van der Waals surface area (Å²) in [5.41, 5.74) is 7.70. The molecule has 0 unspecified atom stereocenters. The molecule has 0 radical (unpaired) electrons. The molecule has 0 saturated carbocycles. The van der Waals surface area contributed by atoms with Gasteiger partial charge >= 0.3 is 0 Å². The van der Waals surface area contributed by atoms with Crippen molar-refractivity contribution in [2.45, 2.75) is 11.8 Å². The van der Waals surface area contributed by atoms with Crippen molar-refractivity contribution in [2.24, 2.45) is 0 Å². The number of ether oxygens (including phenoxy) is 1. The average Bonchev–Trinajstić information content (AvgIpc) is 3.57. The molecule has 0 aliphatic rings. The second-order valence-electron chi connectivity index (χ2n) is 9.71. The quantitative estimate of drug-likeness (QED) is 0.164. The number of pyridine rings is 1. The van der Waals surface area contributed by atoms with Crippen LogP contribution in [0.5, 0.6) is 11.5 Å². The van der Waals surface area contributed by atoms with E-state index in [9.17, 15) is 22.0 Å². The third-order valence-corrected chi connectivity index (χ3v) is 8.24. The second-order valence-corrected chi connectivity index (χ2v) is 11.8. The summed E-state index contributed by atoms with van der Waals surface area (Å²) in [6.45, 7) is 1.78. The molecule has 10 nitrogen and oxygen atoms in total. The van der Waals surface area contributed by atoms with Crippen LogP contribution in [0.1, 0.15) is 21.6 Å². The molecule has 4 N–H and O–H groups in total. The molecule has 0 spiro atoms. The number of sulfonamides is 1. The Labute approximate surface area is 254 Å². The van der Waals surface area contributed by atoms with Crippen molar-refractivity contribution in [1.82, 2.24) is 19.7 Å². The van der Waals surface area contributed by atoms with Crippen LogP contribution in [0.25, 0.3) is 16.6 Å². The predicted molar refractivity (Wildman–Crippen MR) is 161 cm³/mol. The van der Waals surface area contributed by atoms with Crippen molar-refractivity contribution in [1.29, 1.82) is 0 Å². The summed E-state index contributed by atoms with van der Waals surface area (Å²) in [4.78, 5) is 19.8. The fourth-order valence-electron chi connectivity index (χ4n) is 4.55. The molecule has 3 aromatic carbocycles. The maximum atomic E-state index is 14.9. The first-order valence-corrected chi connectivity index (χ1v) is 14.7. The van der Waals surface area contributed by atoms with Gasteiger partial charge in [-0.15, -0.1) is 0 Å². The number of aryl methyl sites for hydroxylation is 1. The van der Waals surface area contributed by atoms with Crippen LogP contribution in [0.2, 0.25) is 5.02 Å². The maximum Gasteiger partial charge on any atom is 0.263 e. The standard InChI is InChI=1S/C30H21ClF2N6O4S/c1-16-8-19(43-28-5-3-2-4-22(28)32)6-7-27(16)39-30(34)21(15-36-39)29(40)26-10-17-9-23(33)25(12-24(17)37-26)38-44(41,42)20-11-18(31)13-35-14-20/h2-15,37-38H,34H2,1H3. The predicted octanol–water partition coefficient (Wildman–Crippen LogP) is 6.39. The molecule has 0 aliphatic carbocycles. The van der Waals surface area contributed by atoms with Gasteiger partial charge in [-0.3, -0.25) is 14.5 Å². The fourth-order valence-corrected chi connectivity index (χ4v) is 5.83. The van der Waals surface area contributed by atoms with Gasteiger partial charge in [0.05, 0.1) is 33.9 Å². The number of halogens is 3. The number of aromatic amines is 1. The van der Waals surface area contributed by atoms with Crippen molar-refractivity contribution in [3.05, 3.63) is 119 Å². The molecular weight excluding hydrogens is 614 g/mol. The number of carbonyl (C=O) groups is 1. The van der Waals surface area contributed by atoms with Gasteiger partial charge in [-0.1, -0.05) is 23.7 Å². The van der Waals surface area contributed by atoms with Crippen molar-refractivity contribution in [3.8, 4) is 17.2 Å². The van der Waals surface area contributed by atoms with Gasteiger partial charge in [0, 0.05) is 23.3 Å². The summed E-state index contributed by atoms with van der Waals surface area (Å²) < 4.78 is 63.6. The summed E-state index contributed by atoms with van der Waals surface area (Å²) in [5.74, 6) is -1.36. The number of ketones is 1. The molecule has 6 aromatic rings. The molecule has 0 aliphatic heterocycles. The van der Waals surface area contributed by atoms with Crippen molar-refractivity contribution >= 4 is 49.8 Å². The third kappa shape index (κ3) is 5.45. The van der Waals surface area contributed by atoms with E-state index in [4.69, 9.17) is 22.1 Å². The summed E-state index contributed by atoms with van der Waals surface area (Å²) in [7, 11) is -4.20. The van der Waals surface area contributed by atoms with Crippen LogP contribution < -0.4 is 15.2 Å².